The molecule has 1 atom stereocenters. The number of hydrogen-bond donors (Lipinski definition) is 1. The average Bonchev–Trinajstić information content (AvgIpc) is 2.38. The predicted octanol–water partition coefficient (Wildman–Crippen LogP) is 4.44. The third-order valence-electron chi connectivity index (χ3n) is 2.75. The largest absolute Gasteiger partial charge is 0.323 e. The van der Waals surface area contributed by atoms with Crippen LogP contribution in [0.25, 0.3) is 0 Å². The third-order valence-corrected chi connectivity index (χ3v) is 4.13. The number of benzene rings is 2. The maximum Gasteiger partial charge on any atom is 0.0406 e. The van der Waals surface area contributed by atoms with Crippen LogP contribution in [0.1, 0.15) is 17.2 Å². The molecule has 0 saturated carbocycles. The fourth-order valence-electron chi connectivity index (χ4n) is 1.63. The van der Waals surface area contributed by atoms with Gasteiger partial charge in [-0.25, -0.2) is 0 Å². The number of rotatable bonds is 4. The van der Waals surface area contributed by atoms with Gasteiger partial charge in [0.25, 0.3) is 0 Å². The molecule has 0 radical (unpaired) electrons. The van der Waals surface area contributed by atoms with Crippen LogP contribution >= 0.6 is 23.4 Å². The fourth-order valence-corrected chi connectivity index (χ4v) is 2.65. The Labute approximate surface area is 117 Å². The Morgan fingerprint density at radius 2 is 1.67 bits per heavy atom. The molecule has 0 aliphatic rings. The summed E-state index contributed by atoms with van der Waals surface area (Å²) in [6.45, 7) is 2.08. The van der Waals surface area contributed by atoms with Gasteiger partial charge in [0.1, 0.15) is 0 Å². The van der Waals surface area contributed by atoms with Crippen molar-refractivity contribution >= 4 is 23.4 Å². The highest BCUT2D eigenvalue weighted by Crippen LogP contribution is 2.24. The first-order valence-corrected chi connectivity index (χ1v) is 7.22. The van der Waals surface area contributed by atoms with Gasteiger partial charge >= 0.3 is 0 Å². The van der Waals surface area contributed by atoms with Crippen LogP contribution in [-0.4, -0.2) is 5.75 Å². The zero-order valence-corrected chi connectivity index (χ0v) is 11.8. The molecule has 1 unspecified atom stereocenters. The topological polar surface area (TPSA) is 26.0 Å². The van der Waals surface area contributed by atoms with Crippen LogP contribution in [0.4, 0.5) is 0 Å². The van der Waals surface area contributed by atoms with E-state index in [1.807, 2.05) is 24.3 Å². The molecule has 1 nitrogen and oxygen atoms in total. The highest BCUT2D eigenvalue weighted by Gasteiger charge is 2.06. The molecule has 0 saturated heterocycles. The normalized spacial score (nSPS) is 12.4. The Balaban J connectivity index is 1.93. The van der Waals surface area contributed by atoms with Crippen molar-refractivity contribution in [2.45, 2.75) is 17.9 Å². The molecule has 0 heterocycles. The minimum absolute atomic E-state index is 0.0614. The minimum Gasteiger partial charge on any atom is -0.323 e. The smallest absolute Gasteiger partial charge is 0.0406 e. The van der Waals surface area contributed by atoms with Gasteiger partial charge in [-0.3, -0.25) is 0 Å². The van der Waals surface area contributed by atoms with Gasteiger partial charge < -0.3 is 5.73 Å². The quantitative estimate of drug-likeness (QED) is 0.836. The van der Waals surface area contributed by atoms with E-state index in [1.165, 1.54) is 16.0 Å². The van der Waals surface area contributed by atoms with Gasteiger partial charge in [0.2, 0.25) is 0 Å². The number of aryl methyl sites for hydroxylation is 1. The minimum atomic E-state index is 0.0614. The molecule has 0 aliphatic heterocycles. The van der Waals surface area contributed by atoms with E-state index in [2.05, 4.69) is 31.2 Å². The van der Waals surface area contributed by atoms with Crippen LogP contribution in [0.5, 0.6) is 0 Å². The van der Waals surface area contributed by atoms with Crippen LogP contribution in [-0.2, 0) is 0 Å². The van der Waals surface area contributed by atoms with Crippen molar-refractivity contribution in [1.29, 1.82) is 0 Å². The molecular formula is C15H16ClNS. The van der Waals surface area contributed by atoms with E-state index in [0.29, 0.717) is 0 Å². The number of halogens is 1. The summed E-state index contributed by atoms with van der Waals surface area (Å²) in [6.07, 6.45) is 0. The van der Waals surface area contributed by atoms with Gasteiger partial charge in [0.15, 0.2) is 0 Å². The monoisotopic (exact) mass is 277 g/mol. The Kier molecular flexibility index (Phi) is 4.70. The van der Waals surface area contributed by atoms with E-state index < -0.39 is 0 Å². The van der Waals surface area contributed by atoms with E-state index in [9.17, 15) is 0 Å². The van der Waals surface area contributed by atoms with Crippen molar-refractivity contribution in [3.63, 3.8) is 0 Å². The Hall–Kier alpha value is -0.960. The highest BCUT2D eigenvalue weighted by atomic mass is 35.5. The van der Waals surface area contributed by atoms with E-state index in [4.69, 9.17) is 17.3 Å². The average molecular weight is 278 g/mol. The molecule has 0 aliphatic carbocycles. The SMILES string of the molecule is Cc1ccc(C(N)CSc2ccc(Cl)cc2)cc1. The van der Waals surface area contributed by atoms with Crippen molar-refractivity contribution < 1.29 is 0 Å². The summed E-state index contributed by atoms with van der Waals surface area (Å²) in [4.78, 5) is 1.20. The van der Waals surface area contributed by atoms with Gasteiger partial charge in [-0.05, 0) is 36.8 Å². The van der Waals surface area contributed by atoms with Gasteiger partial charge in [-0.15, -0.1) is 11.8 Å². The summed E-state index contributed by atoms with van der Waals surface area (Å²) >= 11 is 7.60. The third kappa shape index (κ3) is 3.77. The van der Waals surface area contributed by atoms with Crippen molar-refractivity contribution in [2.75, 3.05) is 5.75 Å². The van der Waals surface area contributed by atoms with Crippen molar-refractivity contribution in [1.82, 2.24) is 0 Å². The lowest BCUT2D eigenvalue weighted by atomic mass is 10.1. The Morgan fingerprint density at radius 1 is 1.06 bits per heavy atom. The first-order valence-electron chi connectivity index (χ1n) is 5.85. The maximum absolute atomic E-state index is 6.18. The maximum atomic E-state index is 6.18. The number of hydrogen-bond acceptors (Lipinski definition) is 2. The Bertz CT molecular complexity index is 493. The number of nitrogens with two attached hydrogens (primary N) is 1. The molecule has 0 bridgehead atoms. The number of thioether (sulfide) groups is 1. The molecule has 0 aromatic heterocycles. The zero-order chi connectivity index (χ0) is 13.0. The molecule has 18 heavy (non-hydrogen) atoms. The molecule has 3 heteroatoms. The van der Waals surface area contributed by atoms with Crippen LogP contribution in [0.15, 0.2) is 53.4 Å². The molecule has 0 fully saturated rings. The molecule has 0 spiro atoms. The van der Waals surface area contributed by atoms with E-state index in [0.717, 1.165) is 10.8 Å². The van der Waals surface area contributed by atoms with Crippen LogP contribution < -0.4 is 5.73 Å². The zero-order valence-electron chi connectivity index (χ0n) is 10.3. The van der Waals surface area contributed by atoms with Gasteiger partial charge in [0, 0.05) is 21.7 Å². The second-order valence-corrected chi connectivity index (χ2v) is 5.81. The molecule has 2 aromatic rings. The van der Waals surface area contributed by atoms with Crippen LogP contribution in [0, 0.1) is 6.92 Å². The summed E-state index contributed by atoms with van der Waals surface area (Å²) in [5.41, 5.74) is 8.62. The molecule has 0 amide bonds. The molecule has 94 valence electrons. The van der Waals surface area contributed by atoms with Crippen molar-refractivity contribution in [3.05, 3.63) is 64.7 Å². The summed E-state index contributed by atoms with van der Waals surface area (Å²) in [6, 6.07) is 16.3. The Morgan fingerprint density at radius 3 is 2.28 bits per heavy atom. The van der Waals surface area contributed by atoms with E-state index in [-0.39, 0.29) is 6.04 Å². The first-order chi connectivity index (χ1) is 8.65. The van der Waals surface area contributed by atoms with Gasteiger partial charge in [0.05, 0.1) is 0 Å². The summed E-state index contributed by atoms with van der Waals surface area (Å²) in [7, 11) is 0. The lowest BCUT2D eigenvalue weighted by Crippen LogP contribution is -2.12. The molecule has 2 rings (SSSR count). The van der Waals surface area contributed by atoms with Gasteiger partial charge in [-0.1, -0.05) is 41.4 Å². The van der Waals surface area contributed by atoms with E-state index in [1.54, 1.807) is 11.8 Å². The lowest BCUT2D eigenvalue weighted by molar-refractivity contribution is 0.831. The standard InChI is InChI=1S/C15H16ClNS/c1-11-2-4-12(5-3-11)15(17)10-18-14-8-6-13(16)7-9-14/h2-9,15H,10,17H2,1H3. The second kappa shape index (κ2) is 6.28. The van der Waals surface area contributed by atoms with Crippen LogP contribution in [0.3, 0.4) is 0 Å². The van der Waals surface area contributed by atoms with Crippen molar-refractivity contribution in [2.24, 2.45) is 5.73 Å². The van der Waals surface area contributed by atoms with Crippen molar-refractivity contribution in [3.8, 4) is 0 Å². The summed E-state index contributed by atoms with van der Waals surface area (Å²) in [5, 5.41) is 0.766. The van der Waals surface area contributed by atoms with Crippen LogP contribution in [0.2, 0.25) is 5.02 Å². The summed E-state index contributed by atoms with van der Waals surface area (Å²) < 4.78 is 0. The fraction of sp³-hybridized carbons (Fsp3) is 0.200. The second-order valence-electron chi connectivity index (χ2n) is 4.28. The molecule has 2 aromatic carbocycles. The molecule has 2 N–H and O–H groups in total. The highest BCUT2D eigenvalue weighted by molar-refractivity contribution is 7.99. The molecular weight excluding hydrogens is 262 g/mol. The van der Waals surface area contributed by atoms with Gasteiger partial charge in [-0.2, -0.15) is 0 Å². The first kappa shape index (κ1) is 13.5. The van der Waals surface area contributed by atoms with E-state index >= 15 is 0 Å². The summed E-state index contributed by atoms with van der Waals surface area (Å²) in [5.74, 6) is 0.866. The lowest BCUT2D eigenvalue weighted by Gasteiger charge is -2.12. The predicted molar refractivity (Wildman–Crippen MR) is 80.3 cm³/mol.